The number of rotatable bonds is 4. The van der Waals surface area contributed by atoms with Crippen LogP contribution in [0.5, 0.6) is 5.88 Å². The van der Waals surface area contributed by atoms with E-state index in [1.165, 1.54) is 12.4 Å². The molecule has 0 amide bonds. The van der Waals surface area contributed by atoms with Crippen molar-refractivity contribution in [2.75, 3.05) is 18.0 Å². The van der Waals surface area contributed by atoms with E-state index in [0.29, 0.717) is 13.0 Å². The fraction of sp³-hybridized carbons (Fsp3) is 0.615. The summed E-state index contributed by atoms with van der Waals surface area (Å²) in [6.45, 7) is -2.26. The van der Waals surface area contributed by atoms with Crippen molar-refractivity contribution >= 4 is 11.8 Å². The molecule has 1 saturated carbocycles. The molecule has 1 aliphatic heterocycles. The molecule has 2 fully saturated rings. The number of alkyl halides is 2. The topological polar surface area (TPSA) is 75.5 Å². The number of ether oxygens (including phenoxy) is 1. The molecule has 0 spiro atoms. The van der Waals surface area contributed by atoms with Gasteiger partial charge in [0.2, 0.25) is 0 Å². The highest BCUT2D eigenvalue weighted by Crippen LogP contribution is 2.50. The number of hydrogen-bond acceptors (Lipinski definition) is 5. The largest absolute Gasteiger partial charge is 0.481 e. The number of fused-ring (bicyclic) bond motifs is 1. The van der Waals surface area contributed by atoms with Crippen molar-refractivity contribution in [3.8, 4) is 5.88 Å². The van der Waals surface area contributed by atoms with Crippen LogP contribution in [-0.2, 0) is 4.79 Å². The van der Waals surface area contributed by atoms with Gasteiger partial charge in [-0.05, 0) is 18.8 Å². The first-order valence-electron chi connectivity index (χ1n) is 6.77. The van der Waals surface area contributed by atoms with Crippen molar-refractivity contribution in [1.82, 2.24) is 9.97 Å². The van der Waals surface area contributed by atoms with Crippen molar-refractivity contribution in [3.05, 3.63) is 12.4 Å². The second-order valence-electron chi connectivity index (χ2n) is 5.49. The minimum atomic E-state index is -2.99. The summed E-state index contributed by atoms with van der Waals surface area (Å²) in [4.78, 5) is 21.1. The van der Waals surface area contributed by atoms with E-state index in [4.69, 9.17) is 0 Å². The van der Waals surface area contributed by atoms with E-state index < -0.39 is 18.0 Å². The second kappa shape index (κ2) is 5.09. The number of carbonyl (C=O) groups is 1. The third-order valence-corrected chi connectivity index (χ3v) is 4.44. The monoisotopic (exact) mass is 299 g/mol. The minimum Gasteiger partial charge on any atom is -0.481 e. The summed E-state index contributed by atoms with van der Waals surface area (Å²) in [5.41, 5.74) is -0.806. The highest BCUT2D eigenvalue weighted by molar-refractivity contribution is 5.78. The van der Waals surface area contributed by atoms with Crippen molar-refractivity contribution in [2.45, 2.75) is 25.9 Å². The first-order chi connectivity index (χ1) is 10.0. The van der Waals surface area contributed by atoms with Crippen LogP contribution >= 0.6 is 0 Å². The summed E-state index contributed by atoms with van der Waals surface area (Å²) in [5, 5.41) is 9.54. The summed E-state index contributed by atoms with van der Waals surface area (Å²) in [5.74, 6) is -0.884. The SMILES string of the molecule is O=C(O)[C@@]12CCC[C@H]1CN(c1nccnc1OC(F)F)C2. The molecule has 1 aromatic heterocycles. The number of anilines is 1. The molecule has 0 aromatic carbocycles. The molecule has 0 unspecified atom stereocenters. The molecule has 1 N–H and O–H groups in total. The Morgan fingerprint density at radius 3 is 2.90 bits per heavy atom. The van der Waals surface area contributed by atoms with Gasteiger partial charge in [-0.2, -0.15) is 8.78 Å². The van der Waals surface area contributed by atoms with E-state index in [0.717, 1.165) is 12.8 Å². The Morgan fingerprint density at radius 1 is 1.48 bits per heavy atom. The molecule has 1 aromatic rings. The van der Waals surface area contributed by atoms with Crippen LogP contribution in [-0.4, -0.2) is 40.7 Å². The van der Waals surface area contributed by atoms with Gasteiger partial charge in [0.05, 0.1) is 5.41 Å². The Morgan fingerprint density at radius 2 is 2.24 bits per heavy atom. The van der Waals surface area contributed by atoms with Crippen molar-refractivity contribution < 1.29 is 23.4 Å². The van der Waals surface area contributed by atoms with Crippen LogP contribution < -0.4 is 9.64 Å². The number of carboxylic acids is 1. The predicted octanol–water partition coefficient (Wildman–Crippen LogP) is 1.77. The number of aromatic nitrogens is 2. The Hall–Kier alpha value is -1.99. The first-order valence-corrected chi connectivity index (χ1v) is 6.77. The van der Waals surface area contributed by atoms with E-state index in [-0.39, 0.29) is 24.2 Å². The normalized spacial score (nSPS) is 28.0. The van der Waals surface area contributed by atoms with E-state index >= 15 is 0 Å². The van der Waals surface area contributed by atoms with Gasteiger partial charge in [0.25, 0.3) is 5.88 Å². The molecular formula is C13H15F2N3O3. The predicted molar refractivity (Wildman–Crippen MR) is 68.3 cm³/mol. The van der Waals surface area contributed by atoms with Gasteiger partial charge in [-0.3, -0.25) is 4.79 Å². The average molecular weight is 299 g/mol. The van der Waals surface area contributed by atoms with Gasteiger partial charge in [-0.15, -0.1) is 0 Å². The molecule has 0 bridgehead atoms. The second-order valence-corrected chi connectivity index (χ2v) is 5.49. The minimum absolute atomic E-state index is 0.0106. The molecular weight excluding hydrogens is 284 g/mol. The zero-order valence-electron chi connectivity index (χ0n) is 11.2. The standard InChI is InChI=1S/C13H15F2N3O3/c14-12(15)21-10-9(16-4-5-17-10)18-6-8-2-1-3-13(8,7-18)11(19)20/h4-5,8,12H,1-3,6-7H2,(H,19,20)/t8-,13+/m0/s1. The summed E-state index contributed by atoms with van der Waals surface area (Å²) < 4.78 is 29.2. The first kappa shape index (κ1) is 14.0. The maximum atomic E-state index is 12.4. The molecule has 2 heterocycles. The fourth-order valence-electron chi connectivity index (χ4n) is 3.50. The van der Waals surface area contributed by atoms with Crippen molar-refractivity contribution in [3.63, 3.8) is 0 Å². The highest BCUT2D eigenvalue weighted by Gasteiger charge is 2.55. The fourth-order valence-corrected chi connectivity index (χ4v) is 3.50. The lowest BCUT2D eigenvalue weighted by Gasteiger charge is -2.24. The number of carboxylic acid groups (broad SMARTS) is 1. The van der Waals surface area contributed by atoms with E-state index in [9.17, 15) is 18.7 Å². The molecule has 1 aliphatic carbocycles. The smallest absolute Gasteiger partial charge is 0.388 e. The lowest BCUT2D eigenvalue weighted by molar-refractivity contribution is -0.149. The lowest BCUT2D eigenvalue weighted by atomic mass is 9.81. The third kappa shape index (κ3) is 2.28. The Labute approximate surface area is 119 Å². The number of nitrogens with zero attached hydrogens (tertiary/aromatic N) is 3. The molecule has 114 valence electrons. The van der Waals surface area contributed by atoms with Crippen molar-refractivity contribution in [2.24, 2.45) is 11.3 Å². The van der Waals surface area contributed by atoms with Crippen molar-refractivity contribution in [1.29, 1.82) is 0 Å². The van der Waals surface area contributed by atoms with E-state index in [1.807, 2.05) is 0 Å². The van der Waals surface area contributed by atoms with Crippen LogP contribution in [0.2, 0.25) is 0 Å². The summed E-state index contributed by atoms with van der Waals surface area (Å²) in [6.07, 6.45) is 4.97. The van der Waals surface area contributed by atoms with Crippen LogP contribution in [0.3, 0.4) is 0 Å². The zero-order valence-corrected chi connectivity index (χ0v) is 11.2. The van der Waals surface area contributed by atoms with Gasteiger partial charge in [0.15, 0.2) is 5.82 Å². The van der Waals surface area contributed by atoms with Crippen LogP contribution in [0.25, 0.3) is 0 Å². The molecule has 8 heteroatoms. The van der Waals surface area contributed by atoms with E-state index in [2.05, 4.69) is 14.7 Å². The highest BCUT2D eigenvalue weighted by atomic mass is 19.3. The lowest BCUT2D eigenvalue weighted by Crippen LogP contribution is -2.36. The van der Waals surface area contributed by atoms with Crippen LogP contribution in [0, 0.1) is 11.3 Å². The van der Waals surface area contributed by atoms with Crippen LogP contribution in [0.1, 0.15) is 19.3 Å². The molecule has 2 atom stereocenters. The number of hydrogen-bond donors (Lipinski definition) is 1. The summed E-state index contributed by atoms with van der Waals surface area (Å²) in [6, 6.07) is 0. The molecule has 6 nitrogen and oxygen atoms in total. The summed E-state index contributed by atoms with van der Waals surface area (Å²) >= 11 is 0. The van der Waals surface area contributed by atoms with Gasteiger partial charge in [0.1, 0.15) is 0 Å². The van der Waals surface area contributed by atoms with Crippen LogP contribution in [0.15, 0.2) is 12.4 Å². The Balaban J connectivity index is 1.88. The maximum absolute atomic E-state index is 12.4. The average Bonchev–Trinajstić information content (AvgIpc) is 2.96. The van der Waals surface area contributed by atoms with E-state index in [1.54, 1.807) is 4.90 Å². The van der Waals surface area contributed by atoms with Gasteiger partial charge in [0, 0.05) is 25.5 Å². The van der Waals surface area contributed by atoms with Crippen LogP contribution in [0.4, 0.5) is 14.6 Å². The number of halogens is 2. The van der Waals surface area contributed by atoms with Gasteiger partial charge in [-0.1, -0.05) is 6.42 Å². The quantitative estimate of drug-likeness (QED) is 0.913. The zero-order chi connectivity index (χ0) is 15.0. The third-order valence-electron chi connectivity index (χ3n) is 4.44. The molecule has 1 saturated heterocycles. The number of aliphatic carboxylic acids is 1. The molecule has 2 aliphatic rings. The molecule has 21 heavy (non-hydrogen) atoms. The van der Waals surface area contributed by atoms with Gasteiger partial charge < -0.3 is 14.7 Å². The van der Waals surface area contributed by atoms with Gasteiger partial charge in [-0.25, -0.2) is 9.97 Å². The Bertz CT molecular complexity index is 557. The maximum Gasteiger partial charge on any atom is 0.388 e. The van der Waals surface area contributed by atoms with Gasteiger partial charge >= 0.3 is 12.6 Å². The Kier molecular flexibility index (Phi) is 3.38. The molecule has 3 rings (SSSR count). The summed E-state index contributed by atoms with van der Waals surface area (Å²) in [7, 11) is 0. The molecule has 0 radical (unpaired) electrons.